The molecule has 1 aliphatic heterocycles. The van der Waals surface area contributed by atoms with E-state index in [-0.39, 0.29) is 5.91 Å². The average Bonchev–Trinajstić information content (AvgIpc) is 3.16. The highest BCUT2D eigenvalue weighted by molar-refractivity contribution is 7.14. The molecule has 128 valence electrons. The summed E-state index contributed by atoms with van der Waals surface area (Å²) in [6.45, 7) is 4.24. The minimum Gasteiger partial charge on any atom is -0.301 e. The number of hydrogen-bond acceptors (Lipinski definition) is 7. The molecule has 1 saturated heterocycles. The van der Waals surface area contributed by atoms with Gasteiger partial charge >= 0.3 is 0 Å². The summed E-state index contributed by atoms with van der Waals surface area (Å²) >= 11 is 3.27. The topological polar surface area (TPSA) is 71.0 Å². The van der Waals surface area contributed by atoms with Crippen molar-refractivity contribution in [1.82, 2.24) is 20.1 Å². The van der Waals surface area contributed by atoms with Crippen LogP contribution < -0.4 is 5.32 Å². The number of hydrogen-bond donors (Lipinski definition) is 1. The fourth-order valence-electron chi connectivity index (χ4n) is 3.02. The largest absolute Gasteiger partial charge is 0.301 e. The Hall–Kier alpha value is -1.38. The molecule has 0 spiro atoms. The number of aryl methyl sites for hydroxylation is 1. The van der Waals surface area contributed by atoms with Crippen LogP contribution in [0.1, 0.15) is 53.2 Å². The first kappa shape index (κ1) is 16.1. The quantitative estimate of drug-likeness (QED) is 0.884. The minimum absolute atomic E-state index is 0.0229. The highest BCUT2D eigenvalue weighted by Gasteiger charge is 2.30. The van der Waals surface area contributed by atoms with E-state index in [0.717, 1.165) is 31.6 Å². The molecule has 2 aromatic rings. The van der Waals surface area contributed by atoms with Crippen LogP contribution in [-0.4, -0.2) is 45.6 Å². The van der Waals surface area contributed by atoms with Gasteiger partial charge in [0.05, 0.1) is 12.2 Å². The van der Waals surface area contributed by atoms with Crippen molar-refractivity contribution in [2.75, 3.05) is 25.0 Å². The Labute approximate surface area is 149 Å². The van der Waals surface area contributed by atoms with Gasteiger partial charge in [-0.1, -0.05) is 0 Å². The van der Waals surface area contributed by atoms with Gasteiger partial charge in [0, 0.05) is 17.2 Å². The average molecular weight is 364 g/mol. The Morgan fingerprint density at radius 2 is 1.88 bits per heavy atom. The van der Waals surface area contributed by atoms with E-state index < -0.39 is 0 Å². The molecule has 2 aliphatic rings. The Balaban J connectivity index is 1.25. The highest BCUT2D eigenvalue weighted by atomic mass is 32.1. The van der Waals surface area contributed by atoms with E-state index >= 15 is 0 Å². The van der Waals surface area contributed by atoms with Gasteiger partial charge in [0.1, 0.15) is 10.0 Å². The predicted octanol–water partition coefficient (Wildman–Crippen LogP) is 3.00. The van der Waals surface area contributed by atoms with Crippen LogP contribution in [0, 0.1) is 6.92 Å². The lowest BCUT2D eigenvalue weighted by Crippen LogP contribution is -2.38. The fourth-order valence-corrected chi connectivity index (χ4v) is 4.90. The number of nitrogens with one attached hydrogen (secondary N) is 1. The van der Waals surface area contributed by atoms with E-state index in [1.807, 2.05) is 12.3 Å². The van der Waals surface area contributed by atoms with Gasteiger partial charge in [-0.05, 0) is 45.7 Å². The molecule has 2 aromatic heterocycles. The van der Waals surface area contributed by atoms with Crippen LogP contribution in [0.4, 0.5) is 5.13 Å². The van der Waals surface area contributed by atoms with Crippen molar-refractivity contribution in [3.05, 3.63) is 21.1 Å². The van der Waals surface area contributed by atoms with Gasteiger partial charge < -0.3 is 5.32 Å². The molecule has 1 saturated carbocycles. The van der Waals surface area contributed by atoms with Crippen molar-refractivity contribution in [1.29, 1.82) is 0 Å². The third-order valence-corrected chi connectivity index (χ3v) is 6.68. The fraction of sp³-hybridized carbons (Fsp3) is 0.625. The number of thiazole rings is 1. The van der Waals surface area contributed by atoms with Gasteiger partial charge in [0.25, 0.3) is 0 Å². The number of anilines is 1. The van der Waals surface area contributed by atoms with Crippen LogP contribution in [0.15, 0.2) is 5.38 Å². The number of aromatic nitrogens is 3. The van der Waals surface area contributed by atoms with Crippen molar-refractivity contribution in [2.24, 2.45) is 0 Å². The highest BCUT2D eigenvalue weighted by Crippen LogP contribution is 2.43. The summed E-state index contributed by atoms with van der Waals surface area (Å²) in [6.07, 6.45) is 4.67. The van der Waals surface area contributed by atoms with Gasteiger partial charge in [-0.25, -0.2) is 4.98 Å². The predicted molar refractivity (Wildman–Crippen MR) is 95.8 cm³/mol. The van der Waals surface area contributed by atoms with Crippen LogP contribution in [0.3, 0.4) is 0 Å². The lowest BCUT2D eigenvalue weighted by Gasteiger charge is -2.30. The Morgan fingerprint density at radius 3 is 2.46 bits per heavy atom. The van der Waals surface area contributed by atoms with E-state index in [0.29, 0.717) is 23.5 Å². The zero-order valence-electron chi connectivity index (χ0n) is 13.7. The van der Waals surface area contributed by atoms with E-state index in [1.165, 1.54) is 34.2 Å². The summed E-state index contributed by atoms with van der Waals surface area (Å²) in [6, 6.07) is 0. The van der Waals surface area contributed by atoms with Crippen molar-refractivity contribution < 1.29 is 4.79 Å². The van der Waals surface area contributed by atoms with E-state index in [9.17, 15) is 4.79 Å². The zero-order valence-corrected chi connectivity index (χ0v) is 15.3. The molecule has 0 unspecified atom stereocenters. The van der Waals surface area contributed by atoms with Gasteiger partial charge in [-0.3, -0.25) is 9.69 Å². The Bertz CT molecular complexity index is 716. The van der Waals surface area contributed by atoms with Gasteiger partial charge in [0.15, 0.2) is 5.13 Å². The van der Waals surface area contributed by atoms with Gasteiger partial charge in [-0.15, -0.1) is 32.9 Å². The summed E-state index contributed by atoms with van der Waals surface area (Å²) in [5, 5.41) is 16.7. The lowest BCUT2D eigenvalue weighted by atomic mass is 9.98. The maximum absolute atomic E-state index is 12.1. The number of carbonyl (C=O) groups is 1. The first-order chi connectivity index (χ1) is 11.7. The second-order valence-electron chi connectivity index (χ2n) is 6.65. The SMILES string of the molecule is Cc1csc(NC(=O)CN2CCC(c3nnc(C4CC4)s3)CC2)n1. The molecule has 0 aromatic carbocycles. The summed E-state index contributed by atoms with van der Waals surface area (Å²) < 4.78 is 0. The molecular formula is C16H21N5OS2. The second-order valence-corrected chi connectivity index (χ2v) is 8.54. The summed E-state index contributed by atoms with van der Waals surface area (Å²) in [7, 11) is 0. The molecule has 0 radical (unpaired) electrons. The van der Waals surface area contributed by atoms with Crippen molar-refractivity contribution in [3.8, 4) is 0 Å². The molecule has 1 N–H and O–H groups in total. The number of amides is 1. The van der Waals surface area contributed by atoms with Crippen molar-refractivity contribution in [2.45, 2.75) is 44.4 Å². The van der Waals surface area contributed by atoms with Crippen LogP contribution in [0.5, 0.6) is 0 Å². The molecule has 2 fully saturated rings. The number of nitrogens with zero attached hydrogens (tertiary/aromatic N) is 4. The monoisotopic (exact) mass is 363 g/mol. The van der Waals surface area contributed by atoms with Crippen LogP contribution in [0.2, 0.25) is 0 Å². The standard InChI is InChI=1S/C16H21N5OS2/c1-10-9-23-16(17-10)18-13(22)8-21-6-4-12(5-7-21)15-20-19-14(24-15)11-2-3-11/h9,11-12H,2-8H2,1H3,(H,17,18,22). The number of likely N-dealkylation sites (tertiary alicyclic amines) is 1. The van der Waals surface area contributed by atoms with Gasteiger partial charge in [0.2, 0.25) is 5.91 Å². The van der Waals surface area contributed by atoms with E-state index in [2.05, 4.69) is 25.4 Å². The summed E-state index contributed by atoms with van der Waals surface area (Å²) in [4.78, 5) is 18.6. The van der Waals surface area contributed by atoms with Crippen molar-refractivity contribution >= 4 is 33.7 Å². The van der Waals surface area contributed by atoms with Crippen LogP contribution in [0.25, 0.3) is 0 Å². The van der Waals surface area contributed by atoms with E-state index in [1.54, 1.807) is 11.3 Å². The third kappa shape index (κ3) is 3.81. The smallest absolute Gasteiger partial charge is 0.240 e. The Kier molecular flexibility index (Phi) is 4.60. The van der Waals surface area contributed by atoms with Gasteiger partial charge in [-0.2, -0.15) is 0 Å². The second kappa shape index (κ2) is 6.85. The lowest BCUT2D eigenvalue weighted by molar-refractivity contribution is -0.117. The molecule has 3 heterocycles. The van der Waals surface area contributed by atoms with Crippen LogP contribution >= 0.6 is 22.7 Å². The molecule has 1 amide bonds. The number of piperidine rings is 1. The normalized spacial score (nSPS) is 19.5. The third-order valence-electron chi connectivity index (χ3n) is 4.55. The summed E-state index contributed by atoms with van der Waals surface area (Å²) in [5.41, 5.74) is 0.943. The molecule has 8 heteroatoms. The maximum Gasteiger partial charge on any atom is 0.240 e. The van der Waals surface area contributed by atoms with Crippen LogP contribution in [-0.2, 0) is 4.79 Å². The first-order valence-electron chi connectivity index (χ1n) is 8.45. The molecule has 4 rings (SSSR count). The van der Waals surface area contributed by atoms with E-state index in [4.69, 9.17) is 0 Å². The summed E-state index contributed by atoms with van der Waals surface area (Å²) in [5.74, 6) is 1.22. The first-order valence-corrected chi connectivity index (χ1v) is 10.1. The zero-order chi connectivity index (χ0) is 16.5. The molecule has 0 atom stereocenters. The molecule has 0 bridgehead atoms. The number of carbonyl (C=O) groups excluding carboxylic acids is 1. The Morgan fingerprint density at radius 1 is 1.21 bits per heavy atom. The maximum atomic E-state index is 12.1. The molecular weight excluding hydrogens is 342 g/mol. The molecule has 6 nitrogen and oxygen atoms in total. The molecule has 1 aliphatic carbocycles. The molecule has 24 heavy (non-hydrogen) atoms. The van der Waals surface area contributed by atoms with Crippen molar-refractivity contribution in [3.63, 3.8) is 0 Å². The minimum atomic E-state index is 0.0229. The number of rotatable bonds is 5.